The summed E-state index contributed by atoms with van der Waals surface area (Å²) in [5.41, 5.74) is 5.23. The smallest absolute Gasteiger partial charge is 0.144 e. The predicted octanol–water partition coefficient (Wildman–Crippen LogP) is 1.69. The number of rotatable bonds is 4. The van der Waals surface area contributed by atoms with E-state index in [0.717, 1.165) is 12.1 Å². The van der Waals surface area contributed by atoms with E-state index in [0.29, 0.717) is 0 Å². The van der Waals surface area contributed by atoms with Crippen LogP contribution in [0.1, 0.15) is 6.92 Å². The van der Waals surface area contributed by atoms with Crippen molar-refractivity contribution in [3.8, 4) is 0 Å². The Balaban J connectivity index is 3.08. The summed E-state index contributed by atoms with van der Waals surface area (Å²) < 4.78 is 43.4. The van der Waals surface area contributed by atoms with Crippen LogP contribution in [0.5, 0.6) is 0 Å². The van der Waals surface area contributed by atoms with E-state index < -0.39 is 32.6 Å². The quantitative estimate of drug-likeness (QED) is 0.826. The summed E-state index contributed by atoms with van der Waals surface area (Å²) in [4.78, 5) is -0.446. The third kappa shape index (κ3) is 2.76. The number of hydrogen-bond acceptors (Lipinski definition) is 3. The van der Waals surface area contributed by atoms with E-state index in [-0.39, 0.29) is 12.3 Å². The monoisotopic (exact) mass is 249 g/mol. The highest BCUT2D eigenvalue weighted by atomic mass is 32.2. The molecule has 0 fully saturated rings. The van der Waals surface area contributed by atoms with Gasteiger partial charge in [-0.1, -0.05) is 0 Å². The van der Waals surface area contributed by atoms with E-state index in [4.69, 9.17) is 10.5 Å². The fraction of sp³-hybridized carbons (Fsp3) is 0.400. The molecule has 6 heteroatoms. The zero-order chi connectivity index (χ0) is 12.3. The van der Waals surface area contributed by atoms with E-state index in [1.807, 2.05) is 0 Å². The second-order valence-corrected chi connectivity index (χ2v) is 5.18. The number of benzene rings is 1. The van der Waals surface area contributed by atoms with Gasteiger partial charge in [-0.3, -0.25) is 4.21 Å². The minimum Gasteiger partial charge on any atom is -0.399 e. The molecular formula is C10H13F2NO2S. The average Bonchev–Trinajstić information content (AvgIpc) is 2.16. The van der Waals surface area contributed by atoms with Gasteiger partial charge in [0.1, 0.15) is 16.5 Å². The van der Waals surface area contributed by atoms with Gasteiger partial charge in [0.2, 0.25) is 0 Å². The Hall–Kier alpha value is -1.01. The predicted molar refractivity (Wildman–Crippen MR) is 58.5 cm³/mol. The van der Waals surface area contributed by atoms with E-state index in [1.165, 1.54) is 7.11 Å². The van der Waals surface area contributed by atoms with Crippen LogP contribution in [0.25, 0.3) is 0 Å². The molecule has 0 aliphatic rings. The van der Waals surface area contributed by atoms with Crippen LogP contribution in [0, 0.1) is 11.6 Å². The molecule has 2 atom stereocenters. The molecule has 0 aliphatic carbocycles. The highest BCUT2D eigenvalue weighted by molar-refractivity contribution is 7.85. The Morgan fingerprint density at radius 3 is 2.38 bits per heavy atom. The molecule has 0 heterocycles. The van der Waals surface area contributed by atoms with E-state index in [9.17, 15) is 13.0 Å². The molecule has 1 aromatic carbocycles. The first-order chi connectivity index (χ1) is 7.47. The van der Waals surface area contributed by atoms with Gasteiger partial charge < -0.3 is 10.5 Å². The van der Waals surface area contributed by atoms with Crippen LogP contribution < -0.4 is 5.73 Å². The van der Waals surface area contributed by atoms with Gasteiger partial charge in [-0.15, -0.1) is 0 Å². The number of halogens is 2. The number of ether oxygens (including phenoxy) is 1. The SMILES string of the molecule is COCC(C)S(=O)c1c(F)cc(N)cc1F. The zero-order valence-corrected chi connectivity index (χ0v) is 9.81. The first-order valence-corrected chi connectivity index (χ1v) is 5.82. The topological polar surface area (TPSA) is 52.3 Å². The van der Waals surface area contributed by atoms with Gasteiger partial charge in [-0.2, -0.15) is 0 Å². The maximum Gasteiger partial charge on any atom is 0.144 e. The summed E-state index contributed by atoms with van der Waals surface area (Å²) in [5.74, 6) is -1.78. The highest BCUT2D eigenvalue weighted by Gasteiger charge is 2.21. The van der Waals surface area contributed by atoms with Crippen molar-refractivity contribution in [3.63, 3.8) is 0 Å². The zero-order valence-electron chi connectivity index (χ0n) is 9.00. The van der Waals surface area contributed by atoms with Crippen molar-refractivity contribution in [2.45, 2.75) is 17.1 Å². The van der Waals surface area contributed by atoms with Crippen molar-refractivity contribution < 1.29 is 17.7 Å². The fourth-order valence-corrected chi connectivity index (χ4v) is 2.43. The molecule has 2 N–H and O–H groups in total. The van der Waals surface area contributed by atoms with Crippen molar-refractivity contribution in [1.29, 1.82) is 0 Å². The largest absolute Gasteiger partial charge is 0.399 e. The Morgan fingerprint density at radius 1 is 1.44 bits per heavy atom. The second-order valence-electron chi connectivity index (χ2n) is 3.38. The molecule has 0 saturated heterocycles. The lowest BCUT2D eigenvalue weighted by Gasteiger charge is -2.12. The van der Waals surface area contributed by atoms with E-state index >= 15 is 0 Å². The van der Waals surface area contributed by atoms with Crippen molar-refractivity contribution in [2.24, 2.45) is 0 Å². The molecule has 90 valence electrons. The Bertz CT molecular complexity index is 389. The Labute approximate surface area is 95.0 Å². The summed E-state index contributed by atoms with van der Waals surface area (Å²) in [6.45, 7) is 1.75. The average molecular weight is 249 g/mol. The lowest BCUT2D eigenvalue weighted by molar-refractivity contribution is 0.201. The first-order valence-electron chi connectivity index (χ1n) is 4.61. The van der Waals surface area contributed by atoms with Gasteiger partial charge in [-0.05, 0) is 19.1 Å². The van der Waals surface area contributed by atoms with Crippen LogP contribution in [-0.4, -0.2) is 23.2 Å². The minimum absolute atomic E-state index is 0.0323. The lowest BCUT2D eigenvalue weighted by Crippen LogP contribution is -2.19. The molecule has 0 radical (unpaired) electrons. The molecule has 0 amide bonds. The molecule has 0 bridgehead atoms. The second kappa shape index (κ2) is 5.36. The number of methoxy groups -OCH3 is 1. The molecule has 0 aliphatic heterocycles. The molecule has 2 unspecified atom stereocenters. The van der Waals surface area contributed by atoms with Crippen LogP contribution in [0.3, 0.4) is 0 Å². The highest BCUT2D eigenvalue weighted by Crippen LogP contribution is 2.22. The van der Waals surface area contributed by atoms with Gasteiger partial charge in [0.25, 0.3) is 0 Å². The number of nitrogen functional groups attached to an aromatic ring is 1. The van der Waals surface area contributed by atoms with E-state index in [1.54, 1.807) is 6.92 Å². The number of anilines is 1. The lowest BCUT2D eigenvalue weighted by atomic mass is 10.3. The van der Waals surface area contributed by atoms with Crippen LogP contribution in [-0.2, 0) is 15.5 Å². The van der Waals surface area contributed by atoms with Crippen molar-refractivity contribution in [2.75, 3.05) is 19.5 Å². The van der Waals surface area contributed by atoms with Crippen LogP contribution in [0.15, 0.2) is 17.0 Å². The van der Waals surface area contributed by atoms with Crippen molar-refractivity contribution >= 4 is 16.5 Å². The molecule has 0 spiro atoms. The van der Waals surface area contributed by atoms with E-state index in [2.05, 4.69) is 0 Å². The number of nitrogens with two attached hydrogens (primary N) is 1. The summed E-state index contributed by atoms with van der Waals surface area (Å²) >= 11 is 0. The summed E-state index contributed by atoms with van der Waals surface area (Å²) in [7, 11) is -0.356. The summed E-state index contributed by atoms with van der Waals surface area (Å²) in [6, 6.07) is 1.91. The standard InChI is InChI=1S/C10H13F2NO2S/c1-6(5-15-2)16(14)10-8(11)3-7(13)4-9(10)12/h3-4,6H,5,13H2,1-2H3. The fourth-order valence-electron chi connectivity index (χ4n) is 1.27. The molecule has 3 nitrogen and oxygen atoms in total. The first kappa shape index (κ1) is 13.1. The normalized spacial score (nSPS) is 14.8. The van der Waals surface area contributed by atoms with Crippen LogP contribution >= 0.6 is 0 Å². The minimum atomic E-state index is -1.79. The van der Waals surface area contributed by atoms with Crippen molar-refractivity contribution in [3.05, 3.63) is 23.8 Å². The molecule has 16 heavy (non-hydrogen) atoms. The van der Waals surface area contributed by atoms with Gasteiger partial charge in [0.15, 0.2) is 0 Å². The third-order valence-electron chi connectivity index (χ3n) is 1.99. The van der Waals surface area contributed by atoms with Gasteiger partial charge >= 0.3 is 0 Å². The van der Waals surface area contributed by atoms with Gasteiger partial charge in [-0.25, -0.2) is 8.78 Å². The summed E-state index contributed by atoms with van der Waals surface area (Å²) in [5, 5.41) is -0.488. The van der Waals surface area contributed by atoms with Gasteiger partial charge in [0.05, 0.1) is 22.7 Å². The van der Waals surface area contributed by atoms with Crippen LogP contribution in [0.2, 0.25) is 0 Å². The number of hydrogen-bond donors (Lipinski definition) is 1. The Kier molecular flexibility index (Phi) is 4.37. The molecule has 1 rings (SSSR count). The molecule has 1 aromatic rings. The maximum absolute atomic E-state index is 13.4. The Morgan fingerprint density at radius 2 is 1.94 bits per heavy atom. The maximum atomic E-state index is 13.4. The van der Waals surface area contributed by atoms with Gasteiger partial charge in [0, 0.05) is 12.8 Å². The molecule has 0 aromatic heterocycles. The van der Waals surface area contributed by atoms with Crippen LogP contribution in [0.4, 0.5) is 14.5 Å². The third-order valence-corrected chi connectivity index (χ3v) is 3.65. The molecule has 0 saturated carbocycles. The molecular weight excluding hydrogens is 236 g/mol. The van der Waals surface area contributed by atoms with Crippen molar-refractivity contribution in [1.82, 2.24) is 0 Å². The summed E-state index contributed by atoms with van der Waals surface area (Å²) in [6.07, 6.45) is 0.